The van der Waals surface area contributed by atoms with Crippen LogP contribution in [0.2, 0.25) is 0 Å². The van der Waals surface area contributed by atoms with E-state index in [4.69, 9.17) is 4.74 Å². The first-order chi connectivity index (χ1) is 14.2. The summed E-state index contributed by atoms with van der Waals surface area (Å²) in [5.74, 6) is 0.806. The minimum Gasteiger partial charge on any atom is -0.489 e. The molecular weight excluding hydrogens is 364 g/mol. The molecule has 0 aliphatic rings. The fourth-order valence-corrected chi connectivity index (χ4v) is 3.23. The van der Waals surface area contributed by atoms with Gasteiger partial charge in [0.05, 0.1) is 4.92 Å². The molecule has 0 bridgehead atoms. The molecule has 5 nitrogen and oxygen atoms in total. The van der Waals surface area contributed by atoms with E-state index in [0.29, 0.717) is 13.2 Å². The molecule has 0 aliphatic carbocycles. The van der Waals surface area contributed by atoms with Crippen molar-refractivity contribution >= 4 is 22.1 Å². The van der Waals surface area contributed by atoms with Gasteiger partial charge in [0.25, 0.3) is 5.69 Å². The number of rotatable bonds is 7. The van der Waals surface area contributed by atoms with Crippen LogP contribution < -0.4 is 10.1 Å². The van der Waals surface area contributed by atoms with Crippen LogP contribution in [0.15, 0.2) is 91.0 Å². The SMILES string of the molecule is O=[N+]([O-])c1ccc(NCc2cccc(OCc3cccc4ccccc34)c2)cc1. The van der Waals surface area contributed by atoms with E-state index in [1.165, 1.54) is 22.9 Å². The van der Waals surface area contributed by atoms with Gasteiger partial charge in [-0.2, -0.15) is 0 Å². The van der Waals surface area contributed by atoms with Gasteiger partial charge in [0.1, 0.15) is 12.4 Å². The zero-order valence-corrected chi connectivity index (χ0v) is 15.7. The number of hydrogen-bond donors (Lipinski definition) is 1. The molecular formula is C24H20N2O3. The van der Waals surface area contributed by atoms with Gasteiger partial charge in [0.2, 0.25) is 0 Å². The lowest BCUT2D eigenvalue weighted by Gasteiger charge is -2.11. The summed E-state index contributed by atoms with van der Waals surface area (Å²) in [5.41, 5.74) is 3.13. The van der Waals surface area contributed by atoms with Crippen molar-refractivity contribution in [1.29, 1.82) is 0 Å². The summed E-state index contributed by atoms with van der Waals surface area (Å²) < 4.78 is 6.03. The maximum atomic E-state index is 10.7. The Kier molecular flexibility index (Phi) is 5.38. The van der Waals surface area contributed by atoms with Crippen LogP contribution in [-0.2, 0) is 13.2 Å². The zero-order valence-electron chi connectivity index (χ0n) is 15.7. The van der Waals surface area contributed by atoms with Gasteiger partial charge < -0.3 is 10.1 Å². The molecule has 0 amide bonds. The lowest BCUT2D eigenvalue weighted by Crippen LogP contribution is -2.01. The van der Waals surface area contributed by atoms with Crippen LogP contribution in [0.25, 0.3) is 10.8 Å². The molecule has 0 aliphatic heterocycles. The van der Waals surface area contributed by atoms with Crippen LogP contribution in [-0.4, -0.2) is 4.92 Å². The quantitative estimate of drug-likeness (QED) is 0.316. The molecule has 0 atom stereocenters. The molecule has 0 saturated heterocycles. The number of hydrogen-bond acceptors (Lipinski definition) is 4. The van der Waals surface area contributed by atoms with Gasteiger partial charge >= 0.3 is 0 Å². The molecule has 29 heavy (non-hydrogen) atoms. The molecule has 0 unspecified atom stereocenters. The Bertz CT molecular complexity index is 1130. The molecule has 4 aromatic rings. The van der Waals surface area contributed by atoms with Gasteiger partial charge in [-0.3, -0.25) is 10.1 Å². The van der Waals surface area contributed by atoms with Gasteiger partial charge in [0.15, 0.2) is 0 Å². The topological polar surface area (TPSA) is 64.4 Å². The van der Waals surface area contributed by atoms with Gasteiger partial charge in [-0.15, -0.1) is 0 Å². The third-order valence-electron chi connectivity index (χ3n) is 4.75. The summed E-state index contributed by atoms with van der Waals surface area (Å²) in [6, 6.07) is 28.8. The second kappa shape index (κ2) is 8.44. The predicted octanol–water partition coefficient (Wildman–Crippen LogP) is 5.94. The average molecular weight is 384 g/mol. The minimum atomic E-state index is -0.402. The number of nitrogens with zero attached hydrogens (tertiary/aromatic N) is 1. The van der Waals surface area contributed by atoms with Crippen LogP contribution in [0.5, 0.6) is 5.75 Å². The molecule has 4 rings (SSSR count). The first-order valence-corrected chi connectivity index (χ1v) is 9.36. The Hall–Kier alpha value is -3.86. The number of non-ortho nitro benzene ring substituents is 1. The highest BCUT2D eigenvalue weighted by molar-refractivity contribution is 5.85. The number of benzene rings is 4. The first-order valence-electron chi connectivity index (χ1n) is 9.36. The Morgan fingerprint density at radius 3 is 2.45 bits per heavy atom. The summed E-state index contributed by atoms with van der Waals surface area (Å²) in [4.78, 5) is 10.3. The van der Waals surface area contributed by atoms with E-state index in [0.717, 1.165) is 22.6 Å². The van der Waals surface area contributed by atoms with Crippen LogP contribution >= 0.6 is 0 Å². The summed E-state index contributed by atoms with van der Waals surface area (Å²) in [6.45, 7) is 1.10. The van der Waals surface area contributed by atoms with Crippen molar-refractivity contribution in [3.05, 3.63) is 112 Å². The molecule has 4 aromatic carbocycles. The Labute approximate surface area is 168 Å². The van der Waals surface area contributed by atoms with Crippen LogP contribution in [0.4, 0.5) is 11.4 Å². The van der Waals surface area contributed by atoms with Crippen molar-refractivity contribution in [3.63, 3.8) is 0 Å². The van der Waals surface area contributed by atoms with Crippen molar-refractivity contribution in [2.45, 2.75) is 13.2 Å². The van der Waals surface area contributed by atoms with Crippen molar-refractivity contribution in [2.24, 2.45) is 0 Å². The third-order valence-corrected chi connectivity index (χ3v) is 4.75. The molecule has 0 aromatic heterocycles. The lowest BCUT2D eigenvalue weighted by atomic mass is 10.1. The Morgan fingerprint density at radius 2 is 1.62 bits per heavy atom. The number of nitro groups is 1. The molecule has 5 heteroatoms. The van der Waals surface area contributed by atoms with Gasteiger partial charge in [-0.1, -0.05) is 54.6 Å². The molecule has 0 radical (unpaired) electrons. The normalized spacial score (nSPS) is 10.6. The largest absolute Gasteiger partial charge is 0.489 e. The second-order valence-electron chi connectivity index (χ2n) is 6.73. The second-order valence-corrected chi connectivity index (χ2v) is 6.73. The van der Waals surface area contributed by atoms with Crippen LogP contribution in [0.3, 0.4) is 0 Å². The Balaban J connectivity index is 1.40. The molecule has 144 valence electrons. The van der Waals surface area contributed by atoms with E-state index >= 15 is 0 Å². The standard InChI is InChI=1S/C24H20N2O3/c27-26(28)22-13-11-21(12-14-22)25-16-18-5-3-9-23(15-18)29-17-20-8-4-7-19-6-1-2-10-24(19)20/h1-15,25H,16-17H2. The maximum Gasteiger partial charge on any atom is 0.269 e. The number of fused-ring (bicyclic) bond motifs is 1. The Morgan fingerprint density at radius 1 is 0.862 bits per heavy atom. The van der Waals surface area contributed by atoms with E-state index in [2.05, 4.69) is 29.6 Å². The average Bonchev–Trinajstić information content (AvgIpc) is 2.77. The third kappa shape index (κ3) is 4.52. The zero-order chi connectivity index (χ0) is 20.1. The summed E-state index contributed by atoms with van der Waals surface area (Å²) in [6.07, 6.45) is 0. The van der Waals surface area contributed by atoms with E-state index < -0.39 is 4.92 Å². The molecule has 1 N–H and O–H groups in total. The summed E-state index contributed by atoms with van der Waals surface area (Å²) in [5, 5.41) is 16.4. The smallest absolute Gasteiger partial charge is 0.269 e. The van der Waals surface area contributed by atoms with E-state index in [9.17, 15) is 10.1 Å². The molecule has 0 spiro atoms. The van der Waals surface area contributed by atoms with Gasteiger partial charge in [-0.05, 0) is 46.2 Å². The number of anilines is 1. The fraction of sp³-hybridized carbons (Fsp3) is 0.0833. The van der Waals surface area contributed by atoms with Gasteiger partial charge in [-0.25, -0.2) is 0 Å². The minimum absolute atomic E-state index is 0.0828. The first kappa shape index (κ1) is 18.5. The number of ether oxygens (including phenoxy) is 1. The van der Waals surface area contributed by atoms with Crippen molar-refractivity contribution in [1.82, 2.24) is 0 Å². The monoisotopic (exact) mass is 384 g/mol. The number of nitro benzene ring substituents is 1. The maximum absolute atomic E-state index is 10.7. The van der Waals surface area contributed by atoms with E-state index in [-0.39, 0.29) is 5.69 Å². The van der Waals surface area contributed by atoms with E-state index in [1.54, 1.807) is 12.1 Å². The highest BCUT2D eigenvalue weighted by Crippen LogP contribution is 2.22. The summed E-state index contributed by atoms with van der Waals surface area (Å²) >= 11 is 0. The van der Waals surface area contributed by atoms with Crippen LogP contribution in [0, 0.1) is 10.1 Å². The fourth-order valence-electron chi connectivity index (χ4n) is 3.23. The van der Waals surface area contributed by atoms with Crippen molar-refractivity contribution in [3.8, 4) is 5.75 Å². The van der Waals surface area contributed by atoms with Crippen LogP contribution in [0.1, 0.15) is 11.1 Å². The van der Waals surface area contributed by atoms with Gasteiger partial charge in [0, 0.05) is 24.4 Å². The molecule has 0 saturated carbocycles. The predicted molar refractivity (Wildman–Crippen MR) is 115 cm³/mol. The van der Waals surface area contributed by atoms with Crippen molar-refractivity contribution in [2.75, 3.05) is 5.32 Å². The molecule has 0 heterocycles. The summed E-state index contributed by atoms with van der Waals surface area (Å²) in [7, 11) is 0. The highest BCUT2D eigenvalue weighted by atomic mass is 16.6. The van der Waals surface area contributed by atoms with E-state index in [1.807, 2.05) is 42.5 Å². The van der Waals surface area contributed by atoms with Crippen molar-refractivity contribution < 1.29 is 9.66 Å². The molecule has 0 fully saturated rings. The highest BCUT2D eigenvalue weighted by Gasteiger charge is 2.05. The number of nitrogens with one attached hydrogen (secondary N) is 1. The lowest BCUT2D eigenvalue weighted by molar-refractivity contribution is -0.384.